The van der Waals surface area contributed by atoms with Gasteiger partial charge < -0.3 is 9.79 Å². The van der Waals surface area contributed by atoms with Gasteiger partial charge in [-0.3, -0.25) is 4.57 Å². The molecule has 2 unspecified atom stereocenters. The second-order valence-electron chi connectivity index (χ2n) is 3.66. The normalized spacial score (nSPS) is 30.4. The smallest absolute Gasteiger partial charge is 0.321 e. The predicted molar refractivity (Wildman–Crippen MR) is 52.7 cm³/mol. The third-order valence-corrected chi connectivity index (χ3v) is 3.96. The average Bonchev–Trinajstić information content (AvgIpc) is 2.07. The molecule has 0 amide bonds. The van der Waals surface area contributed by atoms with Gasteiger partial charge in [0.25, 0.3) is 0 Å². The van der Waals surface area contributed by atoms with Gasteiger partial charge in [-0.25, -0.2) is 4.39 Å². The minimum absolute atomic E-state index is 0.0234. The zero-order valence-electron chi connectivity index (χ0n) is 8.19. The lowest BCUT2D eigenvalue weighted by Gasteiger charge is -2.28. The fourth-order valence-electron chi connectivity index (χ4n) is 2.02. The number of alkyl halides is 1. The van der Waals surface area contributed by atoms with E-state index in [0.717, 1.165) is 12.8 Å². The maximum atomic E-state index is 13.4. The van der Waals surface area contributed by atoms with Gasteiger partial charge in [-0.1, -0.05) is 18.9 Å². The van der Waals surface area contributed by atoms with Gasteiger partial charge in [-0.05, 0) is 19.8 Å². The van der Waals surface area contributed by atoms with E-state index >= 15 is 0 Å². The van der Waals surface area contributed by atoms with Crippen LogP contribution in [0.5, 0.6) is 0 Å². The van der Waals surface area contributed by atoms with Gasteiger partial charge in [0.05, 0.1) is 0 Å². The molecule has 1 aliphatic rings. The zero-order chi connectivity index (χ0) is 10.8. The summed E-state index contributed by atoms with van der Waals surface area (Å²) >= 11 is 0. The van der Waals surface area contributed by atoms with Crippen molar-refractivity contribution in [3.8, 4) is 0 Å². The van der Waals surface area contributed by atoms with Crippen LogP contribution in [0.3, 0.4) is 0 Å². The van der Waals surface area contributed by atoms with E-state index in [0.29, 0.717) is 12.8 Å². The summed E-state index contributed by atoms with van der Waals surface area (Å²) in [7, 11) is -4.26. The van der Waals surface area contributed by atoms with Crippen molar-refractivity contribution in [2.45, 2.75) is 38.8 Å². The van der Waals surface area contributed by atoms with Crippen molar-refractivity contribution in [3.63, 3.8) is 0 Å². The number of rotatable bonds is 2. The van der Waals surface area contributed by atoms with Crippen LogP contribution in [0, 0.1) is 5.92 Å². The Bertz CT molecular complexity index is 271. The van der Waals surface area contributed by atoms with Gasteiger partial charge >= 0.3 is 7.60 Å². The molecule has 0 heterocycles. The second-order valence-corrected chi connectivity index (χ2v) is 5.27. The molecular weight excluding hydrogens is 206 g/mol. The van der Waals surface area contributed by atoms with Crippen molar-refractivity contribution in [3.05, 3.63) is 11.4 Å². The van der Waals surface area contributed by atoms with Crippen LogP contribution in [0.2, 0.25) is 0 Å². The highest BCUT2D eigenvalue weighted by molar-refractivity contribution is 7.56. The first-order valence-corrected chi connectivity index (χ1v) is 6.44. The highest BCUT2D eigenvalue weighted by Gasteiger charge is 2.35. The van der Waals surface area contributed by atoms with Crippen LogP contribution < -0.4 is 0 Å². The third-order valence-electron chi connectivity index (χ3n) is 2.69. The SMILES string of the molecule is CC=C(C1CCCCC1F)P(=O)(O)O. The van der Waals surface area contributed by atoms with Crippen molar-refractivity contribution in [2.24, 2.45) is 5.92 Å². The third kappa shape index (κ3) is 2.66. The Morgan fingerprint density at radius 3 is 2.43 bits per heavy atom. The Hall–Kier alpha value is -0.180. The molecule has 0 radical (unpaired) electrons. The van der Waals surface area contributed by atoms with Gasteiger partial charge in [-0.15, -0.1) is 0 Å². The topological polar surface area (TPSA) is 57.5 Å². The van der Waals surface area contributed by atoms with Crippen molar-refractivity contribution in [2.75, 3.05) is 0 Å². The first-order valence-electron chi connectivity index (χ1n) is 4.83. The lowest BCUT2D eigenvalue weighted by Crippen LogP contribution is -2.22. The molecule has 1 rings (SSSR count). The molecule has 0 spiro atoms. The van der Waals surface area contributed by atoms with Crippen LogP contribution in [-0.2, 0) is 4.57 Å². The first-order chi connectivity index (χ1) is 6.46. The number of halogens is 1. The quantitative estimate of drug-likeness (QED) is 0.706. The monoisotopic (exact) mass is 222 g/mol. The summed E-state index contributed by atoms with van der Waals surface area (Å²) in [5.74, 6) is -0.574. The van der Waals surface area contributed by atoms with E-state index in [1.807, 2.05) is 0 Å². The molecule has 0 aromatic rings. The average molecular weight is 222 g/mol. The van der Waals surface area contributed by atoms with Gasteiger partial charge in [0.15, 0.2) is 0 Å². The summed E-state index contributed by atoms with van der Waals surface area (Å²) in [4.78, 5) is 18.0. The molecule has 0 bridgehead atoms. The Labute approximate surface area is 83.2 Å². The maximum absolute atomic E-state index is 13.4. The molecule has 82 valence electrons. The highest BCUT2D eigenvalue weighted by Crippen LogP contribution is 2.52. The van der Waals surface area contributed by atoms with E-state index < -0.39 is 19.7 Å². The molecule has 0 saturated heterocycles. The van der Waals surface area contributed by atoms with E-state index in [2.05, 4.69) is 0 Å². The van der Waals surface area contributed by atoms with Gasteiger partial charge in [0, 0.05) is 11.2 Å². The first kappa shape index (κ1) is 11.9. The highest BCUT2D eigenvalue weighted by atomic mass is 31.2. The lowest BCUT2D eigenvalue weighted by molar-refractivity contribution is 0.191. The van der Waals surface area contributed by atoms with Gasteiger partial charge in [0.1, 0.15) is 6.17 Å². The summed E-state index contributed by atoms with van der Waals surface area (Å²) in [6, 6.07) is 0. The minimum atomic E-state index is -4.26. The summed E-state index contributed by atoms with van der Waals surface area (Å²) in [6.45, 7) is 1.55. The molecule has 0 aliphatic heterocycles. The number of allylic oxidation sites excluding steroid dienone is 2. The van der Waals surface area contributed by atoms with Crippen molar-refractivity contribution < 1.29 is 18.7 Å². The fourth-order valence-corrected chi connectivity index (χ4v) is 3.08. The van der Waals surface area contributed by atoms with E-state index in [1.54, 1.807) is 6.92 Å². The number of hydrogen-bond donors (Lipinski definition) is 2. The van der Waals surface area contributed by atoms with Crippen LogP contribution in [0.15, 0.2) is 11.4 Å². The van der Waals surface area contributed by atoms with Crippen LogP contribution in [0.4, 0.5) is 4.39 Å². The molecule has 3 nitrogen and oxygen atoms in total. The molecule has 0 aromatic heterocycles. The summed E-state index contributed by atoms with van der Waals surface area (Å²) in [6.07, 6.45) is 2.90. The molecule has 5 heteroatoms. The Balaban J connectivity index is 2.84. The van der Waals surface area contributed by atoms with Gasteiger partial charge in [-0.2, -0.15) is 0 Å². The molecule has 1 fully saturated rings. The minimum Gasteiger partial charge on any atom is -0.321 e. The molecular formula is C9H16FO3P. The molecule has 2 atom stereocenters. The molecule has 1 saturated carbocycles. The van der Waals surface area contributed by atoms with Crippen LogP contribution >= 0.6 is 7.60 Å². The number of hydrogen-bond acceptors (Lipinski definition) is 1. The van der Waals surface area contributed by atoms with Gasteiger partial charge in [0.2, 0.25) is 0 Å². The van der Waals surface area contributed by atoms with Crippen LogP contribution in [-0.4, -0.2) is 16.0 Å². The second kappa shape index (κ2) is 4.56. The molecule has 2 N–H and O–H groups in total. The summed E-state index contributed by atoms with van der Waals surface area (Å²) in [5.41, 5.74) is 0. The van der Waals surface area contributed by atoms with Crippen molar-refractivity contribution in [1.29, 1.82) is 0 Å². The molecule has 1 aliphatic carbocycles. The maximum Gasteiger partial charge on any atom is 0.352 e. The van der Waals surface area contributed by atoms with Crippen LogP contribution in [0.1, 0.15) is 32.6 Å². The lowest BCUT2D eigenvalue weighted by atomic mass is 9.87. The Morgan fingerprint density at radius 1 is 1.43 bits per heavy atom. The van der Waals surface area contributed by atoms with E-state index in [9.17, 15) is 8.96 Å². The Kier molecular flexibility index (Phi) is 3.87. The largest absolute Gasteiger partial charge is 0.352 e. The van der Waals surface area contributed by atoms with E-state index in [1.165, 1.54) is 6.08 Å². The zero-order valence-corrected chi connectivity index (χ0v) is 9.08. The summed E-state index contributed by atoms with van der Waals surface area (Å²) < 4.78 is 24.5. The predicted octanol–water partition coefficient (Wildman–Crippen LogP) is 2.60. The van der Waals surface area contributed by atoms with Crippen molar-refractivity contribution >= 4 is 7.60 Å². The van der Waals surface area contributed by atoms with E-state index in [-0.39, 0.29) is 5.31 Å². The van der Waals surface area contributed by atoms with Crippen molar-refractivity contribution in [1.82, 2.24) is 0 Å². The molecule has 0 aromatic carbocycles. The summed E-state index contributed by atoms with van der Waals surface area (Å²) in [5, 5.41) is -0.0234. The van der Waals surface area contributed by atoms with E-state index in [4.69, 9.17) is 9.79 Å². The molecule has 14 heavy (non-hydrogen) atoms. The Morgan fingerprint density at radius 2 is 2.00 bits per heavy atom. The standard InChI is InChI=1S/C9H16FO3P/c1-2-9(14(11,12)13)7-5-3-4-6-8(7)10/h2,7-8H,3-6H2,1H3,(H2,11,12,13). The van der Waals surface area contributed by atoms with Crippen LogP contribution in [0.25, 0.3) is 0 Å². The fraction of sp³-hybridized carbons (Fsp3) is 0.778.